The Morgan fingerprint density at radius 1 is 1.21 bits per heavy atom. The second kappa shape index (κ2) is 8.21. The highest BCUT2D eigenvalue weighted by Crippen LogP contribution is 2.26. The number of halogens is 1. The number of nitrogens with zero attached hydrogens (tertiary/aromatic N) is 1. The third kappa shape index (κ3) is 4.54. The molecule has 1 N–H and O–H groups in total. The molecule has 1 aliphatic rings. The van der Waals surface area contributed by atoms with Crippen molar-refractivity contribution < 1.29 is 23.5 Å². The predicted octanol–water partition coefficient (Wildman–Crippen LogP) is 3.06. The number of carbonyl (C=O) groups is 3. The quantitative estimate of drug-likeness (QED) is 0.804. The summed E-state index contributed by atoms with van der Waals surface area (Å²) in [7, 11) is 0. The van der Waals surface area contributed by atoms with Gasteiger partial charge in [0.2, 0.25) is 5.91 Å². The average molecular weight is 384 g/mol. The summed E-state index contributed by atoms with van der Waals surface area (Å²) in [5.41, 5.74) is 2.07. The molecule has 2 aromatic rings. The number of esters is 1. The number of ether oxygens (including phenoxy) is 1. The van der Waals surface area contributed by atoms with Crippen molar-refractivity contribution >= 4 is 29.2 Å². The molecule has 1 saturated heterocycles. The van der Waals surface area contributed by atoms with E-state index in [-0.39, 0.29) is 24.6 Å². The number of aryl methyl sites for hydroxylation is 1. The molecule has 2 atom stereocenters. The van der Waals surface area contributed by atoms with Crippen LogP contribution in [0.25, 0.3) is 0 Å². The van der Waals surface area contributed by atoms with Crippen LogP contribution in [-0.2, 0) is 19.1 Å². The van der Waals surface area contributed by atoms with Crippen LogP contribution in [0.4, 0.5) is 15.8 Å². The van der Waals surface area contributed by atoms with E-state index in [0.29, 0.717) is 0 Å². The Kier molecular flexibility index (Phi) is 5.73. The van der Waals surface area contributed by atoms with E-state index in [1.165, 1.54) is 31.2 Å². The van der Waals surface area contributed by atoms with Gasteiger partial charge in [0.15, 0.2) is 6.10 Å². The third-order valence-electron chi connectivity index (χ3n) is 4.56. The maximum Gasteiger partial charge on any atom is 0.312 e. The molecule has 7 heteroatoms. The summed E-state index contributed by atoms with van der Waals surface area (Å²) in [4.78, 5) is 38.4. The number of nitrogens with one attached hydrogen (secondary N) is 1. The van der Waals surface area contributed by atoms with E-state index >= 15 is 0 Å². The van der Waals surface area contributed by atoms with Crippen molar-refractivity contribution in [2.75, 3.05) is 16.8 Å². The van der Waals surface area contributed by atoms with Crippen LogP contribution >= 0.6 is 0 Å². The van der Waals surface area contributed by atoms with Crippen molar-refractivity contribution in [1.82, 2.24) is 0 Å². The molecule has 2 amide bonds. The molecular weight excluding hydrogens is 363 g/mol. The highest BCUT2D eigenvalue weighted by atomic mass is 19.1. The molecule has 0 radical (unpaired) electrons. The van der Waals surface area contributed by atoms with Crippen molar-refractivity contribution in [3.05, 3.63) is 59.9 Å². The first-order chi connectivity index (χ1) is 13.3. The van der Waals surface area contributed by atoms with Gasteiger partial charge in [0.25, 0.3) is 5.91 Å². The number of anilines is 2. The molecular formula is C21H21FN2O4. The Balaban J connectivity index is 1.57. The van der Waals surface area contributed by atoms with E-state index in [4.69, 9.17) is 4.74 Å². The van der Waals surface area contributed by atoms with E-state index in [9.17, 15) is 18.8 Å². The molecule has 3 rings (SSSR count). The Morgan fingerprint density at radius 2 is 1.93 bits per heavy atom. The maximum atomic E-state index is 13.2. The van der Waals surface area contributed by atoms with Gasteiger partial charge in [0.05, 0.1) is 5.92 Å². The minimum absolute atomic E-state index is 0.0327. The lowest BCUT2D eigenvalue weighted by Crippen LogP contribution is -2.33. The van der Waals surface area contributed by atoms with Crippen molar-refractivity contribution in [1.29, 1.82) is 0 Å². The van der Waals surface area contributed by atoms with E-state index in [2.05, 4.69) is 5.32 Å². The predicted molar refractivity (Wildman–Crippen MR) is 102 cm³/mol. The minimum Gasteiger partial charge on any atom is -0.452 e. The van der Waals surface area contributed by atoms with Crippen LogP contribution < -0.4 is 10.2 Å². The van der Waals surface area contributed by atoms with Crippen LogP contribution in [0.5, 0.6) is 0 Å². The van der Waals surface area contributed by atoms with Gasteiger partial charge in [0.1, 0.15) is 5.82 Å². The zero-order valence-electron chi connectivity index (χ0n) is 15.6. The summed E-state index contributed by atoms with van der Waals surface area (Å²) >= 11 is 0. The van der Waals surface area contributed by atoms with Gasteiger partial charge in [-0.15, -0.1) is 0 Å². The van der Waals surface area contributed by atoms with Crippen molar-refractivity contribution in [3.63, 3.8) is 0 Å². The molecule has 0 saturated carbocycles. The fourth-order valence-electron chi connectivity index (χ4n) is 2.97. The van der Waals surface area contributed by atoms with Crippen molar-refractivity contribution in [2.24, 2.45) is 5.92 Å². The average Bonchev–Trinajstić information content (AvgIpc) is 3.04. The van der Waals surface area contributed by atoms with E-state index in [1.54, 1.807) is 4.90 Å². The molecule has 0 spiro atoms. The van der Waals surface area contributed by atoms with Crippen LogP contribution in [-0.4, -0.2) is 30.4 Å². The smallest absolute Gasteiger partial charge is 0.312 e. The van der Waals surface area contributed by atoms with Gasteiger partial charge in [-0.2, -0.15) is 0 Å². The largest absolute Gasteiger partial charge is 0.452 e. The molecule has 1 aliphatic heterocycles. The summed E-state index contributed by atoms with van der Waals surface area (Å²) in [6, 6.07) is 12.9. The molecule has 1 fully saturated rings. The van der Waals surface area contributed by atoms with Crippen LogP contribution in [0, 0.1) is 18.7 Å². The van der Waals surface area contributed by atoms with Crippen molar-refractivity contribution in [2.45, 2.75) is 26.4 Å². The summed E-state index contributed by atoms with van der Waals surface area (Å²) in [6.07, 6.45) is -1.04. The highest BCUT2D eigenvalue weighted by Gasteiger charge is 2.37. The standard InChI is InChI=1S/C21H21FN2O4/c1-13-6-8-18(9-7-13)24-12-15(10-19(24)25)21(27)28-14(2)20(26)23-17-5-3-4-16(22)11-17/h3-9,11,14-15H,10,12H2,1-2H3,(H,23,26)/t14-,15-/m0/s1. The molecule has 0 aliphatic carbocycles. The Morgan fingerprint density at radius 3 is 2.61 bits per heavy atom. The summed E-state index contributed by atoms with van der Waals surface area (Å²) in [5.74, 6) is -2.47. The molecule has 0 unspecified atom stereocenters. The zero-order chi connectivity index (χ0) is 20.3. The molecule has 2 aromatic carbocycles. The molecule has 6 nitrogen and oxygen atoms in total. The van der Waals surface area contributed by atoms with Gasteiger partial charge in [0, 0.05) is 24.3 Å². The number of hydrogen-bond donors (Lipinski definition) is 1. The number of hydrogen-bond acceptors (Lipinski definition) is 4. The lowest BCUT2D eigenvalue weighted by atomic mass is 10.1. The van der Waals surface area contributed by atoms with Crippen LogP contribution in [0.1, 0.15) is 18.9 Å². The highest BCUT2D eigenvalue weighted by molar-refractivity contribution is 6.00. The van der Waals surface area contributed by atoms with Gasteiger partial charge < -0.3 is 15.0 Å². The molecule has 0 aromatic heterocycles. The summed E-state index contributed by atoms with van der Waals surface area (Å²) in [6.45, 7) is 3.59. The Labute approximate surface area is 162 Å². The molecule has 146 valence electrons. The molecule has 0 bridgehead atoms. The van der Waals surface area contributed by atoms with E-state index in [0.717, 1.165) is 11.3 Å². The van der Waals surface area contributed by atoms with Crippen LogP contribution in [0.2, 0.25) is 0 Å². The zero-order valence-corrected chi connectivity index (χ0v) is 15.6. The van der Waals surface area contributed by atoms with Gasteiger partial charge in [-0.25, -0.2) is 4.39 Å². The lowest BCUT2D eigenvalue weighted by Gasteiger charge is -2.18. The van der Waals surface area contributed by atoms with E-state index in [1.807, 2.05) is 31.2 Å². The second-order valence-electron chi connectivity index (χ2n) is 6.82. The van der Waals surface area contributed by atoms with E-state index < -0.39 is 29.7 Å². The van der Waals surface area contributed by atoms with Crippen LogP contribution in [0.15, 0.2) is 48.5 Å². The number of carbonyl (C=O) groups excluding carboxylic acids is 3. The lowest BCUT2D eigenvalue weighted by molar-refractivity contribution is -0.157. The Hall–Kier alpha value is -3.22. The summed E-state index contributed by atoms with van der Waals surface area (Å²) < 4.78 is 18.4. The monoisotopic (exact) mass is 384 g/mol. The minimum atomic E-state index is -1.07. The first kappa shape index (κ1) is 19.5. The maximum absolute atomic E-state index is 13.2. The number of amides is 2. The number of rotatable bonds is 5. The van der Waals surface area contributed by atoms with Gasteiger partial charge in [-0.1, -0.05) is 23.8 Å². The van der Waals surface area contributed by atoms with Crippen molar-refractivity contribution in [3.8, 4) is 0 Å². The fourth-order valence-corrected chi connectivity index (χ4v) is 2.97. The number of benzene rings is 2. The first-order valence-electron chi connectivity index (χ1n) is 8.97. The molecule has 28 heavy (non-hydrogen) atoms. The molecule has 1 heterocycles. The van der Waals surface area contributed by atoms with Gasteiger partial charge >= 0.3 is 5.97 Å². The third-order valence-corrected chi connectivity index (χ3v) is 4.56. The fraction of sp³-hybridized carbons (Fsp3) is 0.286. The van der Waals surface area contributed by atoms with Gasteiger partial charge in [-0.3, -0.25) is 14.4 Å². The SMILES string of the molecule is Cc1ccc(N2C[C@@H](C(=O)O[C@@H](C)C(=O)Nc3cccc(F)c3)CC2=O)cc1. The second-order valence-corrected chi connectivity index (χ2v) is 6.82. The Bertz CT molecular complexity index is 898. The van der Waals surface area contributed by atoms with Crippen LogP contribution in [0.3, 0.4) is 0 Å². The first-order valence-corrected chi connectivity index (χ1v) is 8.97. The van der Waals surface area contributed by atoms with Gasteiger partial charge in [-0.05, 0) is 44.2 Å². The normalized spacial score (nSPS) is 17.3. The summed E-state index contributed by atoms with van der Waals surface area (Å²) in [5, 5.41) is 2.49. The topological polar surface area (TPSA) is 75.7 Å².